The summed E-state index contributed by atoms with van der Waals surface area (Å²) in [5, 5.41) is 5.70. The molecule has 0 aliphatic heterocycles. The van der Waals surface area contributed by atoms with Crippen molar-refractivity contribution < 1.29 is 0 Å². The van der Waals surface area contributed by atoms with Gasteiger partial charge in [0.25, 0.3) is 5.56 Å². The van der Waals surface area contributed by atoms with Crippen LogP contribution in [0.4, 0.5) is 0 Å². The highest BCUT2D eigenvalue weighted by atomic mass is 32.1. The van der Waals surface area contributed by atoms with Crippen LogP contribution in [0.25, 0.3) is 0 Å². The molecule has 0 amide bonds. The Morgan fingerprint density at radius 3 is 2.69 bits per heavy atom. The van der Waals surface area contributed by atoms with Gasteiger partial charge in [-0.1, -0.05) is 31.5 Å². The molecule has 4 nitrogen and oxygen atoms in total. The van der Waals surface area contributed by atoms with Crippen molar-refractivity contribution in [1.82, 2.24) is 14.8 Å². The number of thiocarbonyl (C=S) groups is 1. The maximum Gasteiger partial charge on any atom is 0.295 e. The first-order valence-electron chi connectivity index (χ1n) is 5.63. The lowest BCUT2D eigenvalue weighted by Gasteiger charge is -2.20. The van der Waals surface area contributed by atoms with Gasteiger partial charge in [0.2, 0.25) is 0 Å². The second-order valence-electron chi connectivity index (χ2n) is 4.24. The van der Waals surface area contributed by atoms with Gasteiger partial charge in [-0.05, 0) is 12.8 Å². The third kappa shape index (κ3) is 2.19. The Balaban J connectivity index is 2.37. The van der Waals surface area contributed by atoms with Gasteiger partial charge in [0, 0.05) is 18.3 Å². The standard InChI is InChI=1S/C11H15N3OS/c1-14-9(7-16)12-11(15)10(13-14)8-5-3-2-4-6-8/h7-8H,2-6H2,1H3. The van der Waals surface area contributed by atoms with Crippen molar-refractivity contribution in [3.63, 3.8) is 0 Å². The van der Waals surface area contributed by atoms with E-state index in [1.54, 1.807) is 11.7 Å². The lowest BCUT2D eigenvalue weighted by atomic mass is 9.87. The van der Waals surface area contributed by atoms with Crippen molar-refractivity contribution in [2.24, 2.45) is 7.05 Å². The fourth-order valence-corrected chi connectivity index (χ4v) is 2.43. The highest BCUT2D eigenvalue weighted by molar-refractivity contribution is 7.79. The third-order valence-corrected chi connectivity index (χ3v) is 3.33. The molecule has 0 radical (unpaired) electrons. The van der Waals surface area contributed by atoms with Gasteiger partial charge >= 0.3 is 0 Å². The highest BCUT2D eigenvalue weighted by Gasteiger charge is 2.21. The normalized spacial score (nSPS) is 17.3. The van der Waals surface area contributed by atoms with Crippen molar-refractivity contribution in [2.45, 2.75) is 38.0 Å². The zero-order valence-electron chi connectivity index (χ0n) is 9.35. The number of aryl methyl sites for hydroxylation is 1. The molecule has 0 bridgehead atoms. The van der Waals surface area contributed by atoms with Crippen molar-refractivity contribution >= 4 is 17.6 Å². The molecule has 1 aliphatic carbocycles. The van der Waals surface area contributed by atoms with Gasteiger partial charge in [-0.2, -0.15) is 10.1 Å². The summed E-state index contributed by atoms with van der Waals surface area (Å²) >= 11 is 4.78. The van der Waals surface area contributed by atoms with Crippen LogP contribution in [0.1, 0.15) is 49.5 Å². The Kier molecular flexibility index (Phi) is 3.43. The molecule has 86 valence electrons. The topological polar surface area (TPSA) is 47.8 Å². The first kappa shape index (κ1) is 11.4. The molecule has 0 N–H and O–H groups in total. The average molecular weight is 237 g/mol. The monoisotopic (exact) mass is 237 g/mol. The number of rotatable bonds is 2. The Hall–Kier alpha value is -1.10. The summed E-state index contributed by atoms with van der Waals surface area (Å²) in [6.45, 7) is 0. The smallest absolute Gasteiger partial charge is 0.265 e. The van der Waals surface area contributed by atoms with Crippen LogP contribution in [0.15, 0.2) is 4.79 Å². The Bertz CT molecular complexity index is 449. The SMILES string of the molecule is Cn1nc(C2CCCCC2)c(=O)nc1C=S. The largest absolute Gasteiger partial charge is 0.295 e. The minimum absolute atomic E-state index is 0.207. The van der Waals surface area contributed by atoms with Gasteiger partial charge in [0.15, 0.2) is 5.82 Å². The fraction of sp³-hybridized carbons (Fsp3) is 0.636. The Labute approximate surface area is 99.7 Å². The van der Waals surface area contributed by atoms with E-state index in [2.05, 4.69) is 10.1 Å². The molecule has 0 unspecified atom stereocenters. The minimum atomic E-state index is -0.207. The molecule has 1 fully saturated rings. The maximum atomic E-state index is 11.8. The Morgan fingerprint density at radius 1 is 1.38 bits per heavy atom. The second kappa shape index (κ2) is 4.82. The van der Waals surface area contributed by atoms with E-state index in [0.29, 0.717) is 17.4 Å². The van der Waals surface area contributed by atoms with E-state index in [1.165, 1.54) is 24.6 Å². The molecule has 0 aromatic carbocycles. The number of hydrogen-bond donors (Lipinski definition) is 0. The molecule has 5 heteroatoms. The van der Waals surface area contributed by atoms with E-state index in [-0.39, 0.29) is 5.56 Å². The summed E-state index contributed by atoms with van der Waals surface area (Å²) in [6, 6.07) is 0. The van der Waals surface area contributed by atoms with Crippen LogP contribution in [0.2, 0.25) is 0 Å². The minimum Gasteiger partial charge on any atom is -0.265 e. The Morgan fingerprint density at radius 2 is 2.06 bits per heavy atom. The summed E-state index contributed by atoms with van der Waals surface area (Å²) < 4.78 is 1.60. The molecule has 0 atom stereocenters. The molecule has 1 aromatic rings. The van der Waals surface area contributed by atoms with Crippen molar-refractivity contribution in [2.75, 3.05) is 0 Å². The molecule has 1 aliphatic rings. The number of nitrogens with zero attached hydrogens (tertiary/aromatic N) is 3. The van der Waals surface area contributed by atoms with Crippen LogP contribution in [-0.2, 0) is 7.05 Å². The van der Waals surface area contributed by atoms with Crippen molar-refractivity contribution in [3.05, 3.63) is 21.9 Å². The van der Waals surface area contributed by atoms with E-state index in [1.807, 2.05) is 0 Å². The van der Waals surface area contributed by atoms with Crippen molar-refractivity contribution in [1.29, 1.82) is 0 Å². The van der Waals surface area contributed by atoms with Crippen molar-refractivity contribution in [3.8, 4) is 0 Å². The van der Waals surface area contributed by atoms with Crippen LogP contribution in [0.3, 0.4) is 0 Å². The predicted octanol–water partition coefficient (Wildman–Crippen LogP) is 1.57. The van der Waals surface area contributed by atoms with Gasteiger partial charge in [-0.3, -0.25) is 4.79 Å². The predicted molar refractivity (Wildman–Crippen MR) is 65.9 cm³/mol. The first-order valence-corrected chi connectivity index (χ1v) is 6.10. The van der Waals surface area contributed by atoms with E-state index in [9.17, 15) is 4.79 Å². The van der Waals surface area contributed by atoms with Crippen LogP contribution < -0.4 is 5.56 Å². The van der Waals surface area contributed by atoms with E-state index < -0.39 is 0 Å². The summed E-state index contributed by atoms with van der Waals surface area (Å²) in [5.74, 6) is 0.749. The zero-order chi connectivity index (χ0) is 11.5. The summed E-state index contributed by atoms with van der Waals surface area (Å²) in [5.41, 5.74) is 0.406. The molecule has 0 spiro atoms. The number of hydrogen-bond acceptors (Lipinski definition) is 4. The van der Waals surface area contributed by atoms with Gasteiger partial charge in [0.05, 0.1) is 0 Å². The first-order chi connectivity index (χ1) is 7.72. The van der Waals surface area contributed by atoms with Crippen LogP contribution in [0, 0.1) is 0 Å². The van der Waals surface area contributed by atoms with Crippen LogP contribution >= 0.6 is 12.2 Å². The molecule has 0 saturated heterocycles. The lowest BCUT2D eigenvalue weighted by Crippen LogP contribution is -2.26. The molecular weight excluding hydrogens is 222 g/mol. The van der Waals surface area contributed by atoms with E-state index >= 15 is 0 Å². The molecule has 1 aromatic heterocycles. The third-order valence-electron chi connectivity index (χ3n) is 3.12. The molecular formula is C11H15N3OS. The molecule has 1 heterocycles. The quantitative estimate of drug-likeness (QED) is 0.733. The van der Waals surface area contributed by atoms with Crippen LogP contribution in [0.5, 0.6) is 0 Å². The molecule has 16 heavy (non-hydrogen) atoms. The summed E-state index contributed by atoms with van der Waals surface area (Å²) in [4.78, 5) is 15.7. The second-order valence-corrected chi connectivity index (χ2v) is 4.47. The lowest BCUT2D eigenvalue weighted by molar-refractivity contribution is 0.424. The van der Waals surface area contributed by atoms with Crippen LogP contribution in [-0.4, -0.2) is 20.1 Å². The fourth-order valence-electron chi connectivity index (χ4n) is 2.22. The van der Waals surface area contributed by atoms with E-state index in [4.69, 9.17) is 12.2 Å². The van der Waals surface area contributed by atoms with Gasteiger partial charge in [-0.25, -0.2) is 4.68 Å². The summed E-state index contributed by atoms with van der Waals surface area (Å²) in [6.07, 6.45) is 5.75. The van der Waals surface area contributed by atoms with Gasteiger partial charge < -0.3 is 0 Å². The summed E-state index contributed by atoms with van der Waals surface area (Å²) in [7, 11) is 1.77. The average Bonchev–Trinajstić information content (AvgIpc) is 2.32. The molecule has 1 saturated carbocycles. The molecule has 2 rings (SSSR count). The highest BCUT2D eigenvalue weighted by Crippen LogP contribution is 2.29. The van der Waals surface area contributed by atoms with E-state index in [0.717, 1.165) is 12.8 Å². The van der Waals surface area contributed by atoms with Gasteiger partial charge in [-0.15, -0.1) is 0 Å². The van der Waals surface area contributed by atoms with Gasteiger partial charge in [0.1, 0.15) is 5.69 Å². The maximum absolute atomic E-state index is 11.8. The number of aromatic nitrogens is 3. The zero-order valence-corrected chi connectivity index (χ0v) is 10.2.